The molecule has 1 amide bonds. The number of anilines is 2. The summed E-state index contributed by atoms with van der Waals surface area (Å²) in [5.41, 5.74) is 2.61. The van der Waals surface area contributed by atoms with Gasteiger partial charge in [-0.3, -0.25) is 4.79 Å². The lowest BCUT2D eigenvalue weighted by Crippen LogP contribution is -2.31. The number of amides is 1. The smallest absolute Gasteiger partial charge is 0.247 e. The molecule has 0 saturated carbocycles. The minimum atomic E-state index is -0.422. The highest BCUT2D eigenvalue weighted by molar-refractivity contribution is 7.16. The number of aryl methyl sites for hydroxylation is 1. The number of benzene rings is 1. The molecule has 1 aromatic carbocycles. The molecule has 6 heteroatoms. The zero-order valence-corrected chi connectivity index (χ0v) is 15.6. The molecule has 0 aliphatic heterocycles. The van der Waals surface area contributed by atoms with Crippen LogP contribution < -0.4 is 10.6 Å². The van der Waals surface area contributed by atoms with E-state index in [9.17, 15) is 10.1 Å². The Morgan fingerprint density at radius 1 is 1.24 bits per heavy atom. The molecule has 0 spiro atoms. The number of carbonyl (C=O) groups is 1. The number of carbonyl (C=O) groups excluding carboxylic acids is 1. The van der Waals surface area contributed by atoms with Gasteiger partial charge in [-0.2, -0.15) is 5.26 Å². The molecule has 0 saturated heterocycles. The Bertz CT molecular complexity index is 807. The molecule has 0 bridgehead atoms. The Hall–Kier alpha value is -2.03. The molecule has 130 valence electrons. The van der Waals surface area contributed by atoms with Crippen molar-refractivity contribution >= 4 is 39.5 Å². The minimum Gasteiger partial charge on any atom is -0.374 e. The van der Waals surface area contributed by atoms with Crippen LogP contribution in [0.4, 0.5) is 10.7 Å². The van der Waals surface area contributed by atoms with Crippen molar-refractivity contribution in [2.75, 3.05) is 10.6 Å². The van der Waals surface area contributed by atoms with Crippen LogP contribution >= 0.6 is 22.9 Å². The van der Waals surface area contributed by atoms with E-state index in [1.54, 1.807) is 30.4 Å². The second-order valence-electron chi connectivity index (χ2n) is 6.24. The molecular weight excluding hydrogens is 354 g/mol. The van der Waals surface area contributed by atoms with Crippen molar-refractivity contribution in [2.24, 2.45) is 0 Å². The second kappa shape index (κ2) is 7.90. The van der Waals surface area contributed by atoms with Crippen molar-refractivity contribution < 1.29 is 4.79 Å². The van der Waals surface area contributed by atoms with Gasteiger partial charge in [0.05, 0.1) is 5.56 Å². The van der Waals surface area contributed by atoms with Crippen molar-refractivity contribution in [3.05, 3.63) is 45.3 Å². The molecule has 0 radical (unpaired) electrons. The van der Waals surface area contributed by atoms with E-state index in [1.165, 1.54) is 11.3 Å². The number of rotatable bonds is 4. The van der Waals surface area contributed by atoms with Crippen LogP contribution in [0.2, 0.25) is 5.02 Å². The van der Waals surface area contributed by atoms with Crippen molar-refractivity contribution in [1.29, 1.82) is 5.26 Å². The summed E-state index contributed by atoms with van der Waals surface area (Å²) in [6, 6.07) is 9.09. The summed E-state index contributed by atoms with van der Waals surface area (Å²) in [7, 11) is 0. The van der Waals surface area contributed by atoms with Crippen LogP contribution in [0.15, 0.2) is 24.3 Å². The van der Waals surface area contributed by atoms with Crippen LogP contribution in [-0.2, 0) is 17.6 Å². The summed E-state index contributed by atoms with van der Waals surface area (Å²) in [5, 5.41) is 17.0. The van der Waals surface area contributed by atoms with E-state index in [-0.39, 0.29) is 5.91 Å². The summed E-state index contributed by atoms with van der Waals surface area (Å²) >= 11 is 7.43. The van der Waals surface area contributed by atoms with Crippen molar-refractivity contribution in [3.63, 3.8) is 0 Å². The van der Waals surface area contributed by atoms with Gasteiger partial charge < -0.3 is 10.6 Å². The second-order valence-corrected chi connectivity index (χ2v) is 7.78. The maximum atomic E-state index is 12.5. The van der Waals surface area contributed by atoms with Gasteiger partial charge in [0.2, 0.25) is 5.91 Å². The summed E-state index contributed by atoms with van der Waals surface area (Å²) < 4.78 is 0. The van der Waals surface area contributed by atoms with E-state index in [4.69, 9.17) is 11.6 Å². The van der Waals surface area contributed by atoms with Gasteiger partial charge >= 0.3 is 0 Å². The highest BCUT2D eigenvalue weighted by Gasteiger charge is 2.22. The SMILES string of the molecule is C[C@H](Nc1ccc(Cl)cc1)C(=O)Nc1sc2c(c1C#N)CCCCC2. The number of hydrogen-bond acceptors (Lipinski definition) is 4. The summed E-state index contributed by atoms with van der Waals surface area (Å²) in [4.78, 5) is 13.8. The van der Waals surface area contributed by atoms with Crippen LogP contribution in [0.1, 0.15) is 42.2 Å². The summed E-state index contributed by atoms with van der Waals surface area (Å²) in [6.45, 7) is 1.80. The Morgan fingerprint density at radius 2 is 1.96 bits per heavy atom. The fourth-order valence-electron chi connectivity index (χ4n) is 3.03. The minimum absolute atomic E-state index is 0.150. The van der Waals surface area contributed by atoms with Crippen LogP contribution in [0, 0.1) is 11.3 Å². The zero-order valence-electron chi connectivity index (χ0n) is 14.1. The highest BCUT2D eigenvalue weighted by Crippen LogP contribution is 2.37. The molecule has 1 aliphatic carbocycles. The van der Waals surface area contributed by atoms with Crippen LogP contribution in [0.5, 0.6) is 0 Å². The Balaban J connectivity index is 1.72. The molecule has 2 N–H and O–H groups in total. The first-order valence-electron chi connectivity index (χ1n) is 8.46. The number of hydrogen-bond donors (Lipinski definition) is 2. The molecule has 3 rings (SSSR count). The van der Waals surface area contributed by atoms with Gasteiger partial charge in [0.1, 0.15) is 17.1 Å². The fourth-order valence-corrected chi connectivity index (χ4v) is 4.40. The van der Waals surface area contributed by atoms with Crippen LogP contribution in [-0.4, -0.2) is 11.9 Å². The first-order valence-corrected chi connectivity index (χ1v) is 9.65. The number of nitrogens with one attached hydrogen (secondary N) is 2. The summed E-state index contributed by atoms with van der Waals surface area (Å²) in [6.07, 6.45) is 5.41. The van der Waals surface area contributed by atoms with Crippen molar-refractivity contribution in [1.82, 2.24) is 0 Å². The lowest BCUT2D eigenvalue weighted by molar-refractivity contribution is -0.116. The molecule has 1 aromatic heterocycles. The lowest BCUT2D eigenvalue weighted by Gasteiger charge is -2.15. The van der Waals surface area contributed by atoms with Crippen molar-refractivity contribution in [2.45, 2.75) is 45.1 Å². The number of halogens is 1. The molecule has 0 fully saturated rings. The van der Waals surface area contributed by atoms with Gasteiger partial charge in [0, 0.05) is 15.6 Å². The Kier molecular flexibility index (Phi) is 5.62. The number of nitriles is 1. The van der Waals surface area contributed by atoms with Crippen LogP contribution in [0.25, 0.3) is 0 Å². The molecule has 1 aliphatic rings. The predicted octanol–water partition coefficient (Wildman–Crippen LogP) is 4.98. The van der Waals surface area contributed by atoms with E-state index in [1.807, 2.05) is 12.1 Å². The number of nitrogens with zero attached hydrogens (tertiary/aromatic N) is 1. The summed E-state index contributed by atoms with van der Waals surface area (Å²) in [5.74, 6) is -0.150. The molecule has 0 unspecified atom stereocenters. The van der Waals surface area contributed by atoms with Crippen LogP contribution in [0.3, 0.4) is 0 Å². The number of thiophene rings is 1. The van der Waals surface area contributed by atoms with Gasteiger partial charge in [-0.15, -0.1) is 11.3 Å². The van der Waals surface area contributed by atoms with E-state index in [2.05, 4.69) is 16.7 Å². The topological polar surface area (TPSA) is 64.9 Å². The third kappa shape index (κ3) is 4.15. The van der Waals surface area contributed by atoms with Crippen molar-refractivity contribution in [3.8, 4) is 6.07 Å². The molecule has 25 heavy (non-hydrogen) atoms. The van der Waals surface area contributed by atoms with E-state index < -0.39 is 6.04 Å². The largest absolute Gasteiger partial charge is 0.374 e. The molecular formula is C19H20ClN3OS. The first-order chi connectivity index (χ1) is 12.1. The molecule has 4 nitrogen and oxygen atoms in total. The maximum absolute atomic E-state index is 12.5. The average Bonchev–Trinajstić information content (AvgIpc) is 2.76. The van der Waals surface area contributed by atoms with Gasteiger partial charge in [0.15, 0.2) is 0 Å². The Labute approximate surface area is 156 Å². The standard InChI is InChI=1S/C19H20ClN3OS/c1-12(22-14-9-7-13(20)8-10-14)18(24)23-19-16(11-21)15-5-3-2-4-6-17(15)25-19/h7-10,12,22H,2-6H2,1H3,(H,23,24)/t12-/m0/s1. The van der Waals surface area contributed by atoms with E-state index >= 15 is 0 Å². The van der Waals surface area contributed by atoms with E-state index in [0.717, 1.165) is 36.9 Å². The predicted molar refractivity (Wildman–Crippen MR) is 103 cm³/mol. The average molecular weight is 374 g/mol. The molecule has 2 aromatic rings. The fraction of sp³-hybridized carbons (Fsp3) is 0.368. The third-order valence-corrected chi connectivity index (χ3v) is 5.85. The number of fused-ring (bicyclic) bond motifs is 1. The van der Waals surface area contributed by atoms with Gasteiger partial charge in [-0.1, -0.05) is 18.0 Å². The highest BCUT2D eigenvalue weighted by atomic mass is 35.5. The molecule has 1 heterocycles. The Morgan fingerprint density at radius 3 is 2.68 bits per heavy atom. The zero-order chi connectivity index (χ0) is 17.8. The molecule has 1 atom stereocenters. The maximum Gasteiger partial charge on any atom is 0.247 e. The van der Waals surface area contributed by atoms with Gasteiger partial charge in [0.25, 0.3) is 0 Å². The lowest BCUT2D eigenvalue weighted by atomic mass is 10.1. The first kappa shape index (κ1) is 17.8. The quantitative estimate of drug-likeness (QED) is 0.742. The normalized spacial score (nSPS) is 14.8. The third-order valence-electron chi connectivity index (χ3n) is 4.39. The van der Waals surface area contributed by atoms with Gasteiger partial charge in [-0.25, -0.2) is 0 Å². The monoisotopic (exact) mass is 373 g/mol. The van der Waals surface area contributed by atoms with Gasteiger partial charge in [-0.05, 0) is 62.4 Å². The van der Waals surface area contributed by atoms with E-state index in [0.29, 0.717) is 15.6 Å².